The first kappa shape index (κ1) is 16.5. The predicted molar refractivity (Wildman–Crippen MR) is 102 cm³/mol. The van der Waals surface area contributed by atoms with Gasteiger partial charge in [-0.2, -0.15) is 0 Å². The van der Waals surface area contributed by atoms with Crippen LogP contribution in [0.15, 0.2) is 30.7 Å². The number of piperidine rings is 1. The first-order valence-electron chi connectivity index (χ1n) is 9.77. The quantitative estimate of drug-likeness (QED) is 0.693. The van der Waals surface area contributed by atoms with Crippen molar-refractivity contribution >= 4 is 11.6 Å². The van der Waals surface area contributed by atoms with Crippen molar-refractivity contribution < 1.29 is 4.74 Å². The summed E-state index contributed by atoms with van der Waals surface area (Å²) in [6, 6.07) is 3.92. The number of rotatable bonds is 5. The fourth-order valence-corrected chi connectivity index (χ4v) is 3.59. The van der Waals surface area contributed by atoms with E-state index in [0.717, 1.165) is 48.8 Å². The average molecular weight is 364 g/mol. The SMILES string of the molecule is Cc1cnc(N2CCC(COc3ccc4nc(C5CC5)cn4n3)CC2)nc1. The maximum atomic E-state index is 5.99. The van der Waals surface area contributed by atoms with Crippen molar-refractivity contribution in [2.45, 2.75) is 38.5 Å². The normalized spacial score (nSPS) is 18.2. The molecular weight excluding hydrogens is 340 g/mol. The van der Waals surface area contributed by atoms with E-state index < -0.39 is 0 Å². The van der Waals surface area contributed by atoms with Crippen molar-refractivity contribution in [2.75, 3.05) is 24.6 Å². The number of ether oxygens (including phenoxy) is 1. The summed E-state index contributed by atoms with van der Waals surface area (Å²) in [7, 11) is 0. The molecule has 2 aliphatic rings. The molecule has 3 aromatic rings. The van der Waals surface area contributed by atoms with Gasteiger partial charge < -0.3 is 9.64 Å². The van der Waals surface area contributed by atoms with Crippen LogP contribution in [0.4, 0.5) is 5.95 Å². The van der Waals surface area contributed by atoms with Crippen LogP contribution in [0.3, 0.4) is 0 Å². The van der Waals surface area contributed by atoms with Gasteiger partial charge in [-0.25, -0.2) is 19.5 Å². The Morgan fingerprint density at radius 2 is 1.85 bits per heavy atom. The smallest absolute Gasteiger partial charge is 0.231 e. The van der Waals surface area contributed by atoms with Crippen molar-refractivity contribution in [2.24, 2.45) is 5.92 Å². The number of aryl methyl sites for hydroxylation is 1. The minimum atomic E-state index is 0.536. The lowest BCUT2D eigenvalue weighted by Gasteiger charge is -2.31. The number of anilines is 1. The molecule has 1 aliphatic carbocycles. The van der Waals surface area contributed by atoms with E-state index in [4.69, 9.17) is 4.74 Å². The molecular formula is C20H24N6O. The van der Waals surface area contributed by atoms with Crippen LogP contribution in [0, 0.1) is 12.8 Å². The first-order valence-corrected chi connectivity index (χ1v) is 9.77. The predicted octanol–water partition coefficient (Wildman–Crippen LogP) is 3.00. The molecule has 27 heavy (non-hydrogen) atoms. The summed E-state index contributed by atoms with van der Waals surface area (Å²) < 4.78 is 7.83. The molecule has 0 bridgehead atoms. The molecule has 7 heteroatoms. The van der Waals surface area contributed by atoms with E-state index in [1.165, 1.54) is 12.8 Å². The highest BCUT2D eigenvalue weighted by Gasteiger charge is 2.26. The lowest BCUT2D eigenvalue weighted by atomic mass is 9.98. The van der Waals surface area contributed by atoms with Gasteiger partial charge in [0.1, 0.15) is 0 Å². The number of nitrogens with zero attached hydrogens (tertiary/aromatic N) is 6. The summed E-state index contributed by atoms with van der Waals surface area (Å²) in [5.74, 6) is 2.68. The van der Waals surface area contributed by atoms with Gasteiger partial charge >= 0.3 is 0 Å². The summed E-state index contributed by atoms with van der Waals surface area (Å²) in [4.78, 5) is 15.8. The summed E-state index contributed by atoms with van der Waals surface area (Å²) in [6.07, 6.45) is 10.5. The van der Waals surface area contributed by atoms with Crippen LogP contribution in [0.1, 0.15) is 42.9 Å². The van der Waals surface area contributed by atoms with Gasteiger partial charge in [0, 0.05) is 37.5 Å². The second kappa shape index (κ2) is 6.79. The van der Waals surface area contributed by atoms with Crippen LogP contribution in [0.2, 0.25) is 0 Å². The molecule has 1 saturated heterocycles. The van der Waals surface area contributed by atoms with Crippen molar-refractivity contribution in [3.05, 3.63) is 42.0 Å². The molecule has 3 aromatic heterocycles. The Bertz CT molecular complexity index is 925. The van der Waals surface area contributed by atoms with Gasteiger partial charge in [-0.1, -0.05) is 0 Å². The molecule has 0 spiro atoms. The molecule has 0 unspecified atom stereocenters. The molecule has 2 fully saturated rings. The zero-order chi connectivity index (χ0) is 18.2. The highest BCUT2D eigenvalue weighted by molar-refractivity contribution is 5.41. The number of fused-ring (bicyclic) bond motifs is 1. The monoisotopic (exact) mass is 364 g/mol. The highest BCUT2D eigenvalue weighted by atomic mass is 16.5. The third-order valence-corrected chi connectivity index (χ3v) is 5.44. The molecule has 140 valence electrons. The Kier molecular flexibility index (Phi) is 4.14. The van der Waals surface area contributed by atoms with Crippen LogP contribution < -0.4 is 9.64 Å². The molecule has 0 atom stereocenters. The van der Waals surface area contributed by atoms with E-state index in [2.05, 4.69) is 25.0 Å². The second-order valence-corrected chi connectivity index (χ2v) is 7.72. The molecule has 1 saturated carbocycles. The van der Waals surface area contributed by atoms with Gasteiger partial charge in [0.25, 0.3) is 0 Å². The minimum Gasteiger partial charge on any atom is -0.476 e. The topological polar surface area (TPSA) is 68.4 Å². The van der Waals surface area contributed by atoms with E-state index in [-0.39, 0.29) is 0 Å². The number of imidazole rings is 1. The summed E-state index contributed by atoms with van der Waals surface area (Å²) in [6.45, 7) is 4.65. The number of hydrogen-bond acceptors (Lipinski definition) is 6. The molecule has 7 nitrogen and oxygen atoms in total. The zero-order valence-corrected chi connectivity index (χ0v) is 15.6. The van der Waals surface area contributed by atoms with E-state index in [0.29, 0.717) is 24.3 Å². The van der Waals surface area contributed by atoms with Gasteiger partial charge in [-0.15, -0.1) is 5.10 Å². The largest absolute Gasteiger partial charge is 0.476 e. The van der Waals surface area contributed by atoms with Crippen LogP contribution in [-0.4, -0.2) is 44.3 Å². The van der Waals surface area contributed by atoms with Crippen molar-refractivity contribution in [1.29, 1.82) is 0 Å². The lowest BCUT2D eigenvalue weighted by Crippen LogP contribution is -2.36. The fraction of sp³-hybridized carbons (Fsp3) is 0.500. The molecule has 0 aromatic carbocycles. The maximum Gasteiger partial charge on any atom is 0.231 e. The van der Waals surface area contributed by atoms with Gasteiger partial charge in [0.15, 0.2) is 5.65 Å². The van der Waals surface area contributed by atoms with E-state index >= 15 is 0 Å². The third kappa shape index (κ3) is 3.59. The Morgan fingerprint density at radius 3 is 2.59 bits per heavy atom. The standard InChI is InChI=1S/C20H24N6O/c1-14-10-21-20(22-11-14)25-8-6-15(7-9-25)13-27-19-5-4-18-23-17(16-2-3-16)12-26(18)24-19/h4-5,10-12,15-16H,2-3,6-9,13H2,1H3. The molecule has 0 amide bonds. The van der Waals surface area contributed by atoms with Crippen LogP contribution in [0.25, 0.3) is 5.65 Å². The molecule has 5 rings (SSSR count). The van der Waals surface area contributed by atoms with Gasteiger partial charge in [0.05, 0.1) is 18.5 Å². The maximum absolute atomic E-state index is 5.99. The van der Waals surface area contributed by atoms with Crippen molar-refractivity contribution in [3.8, 4) is 5.88 Å². The summed E-state index contributed by atoms with van der Waals surface area (Å²) in [5.41, 5.74) is 3.15. The van der Waals surface area contributed by atoms with Crippen LogP contribution >= 0.6 is 0 Å². The van der Waals surface area contributed by atoms with Crippen LogP contribution in [-0.2, 0) is 0 Å². The second-order valence-electron chi connectivity index (χ2n) is 7.72. The van der Waals surface area contributed by atoms with Gasteiger partial charge in [0.2, 0.25) is 11.8 Å². The fourth-order valence-electron chi connectivity index (χ4n) is 3.59. The Labute approximate surface area is 158 Å². The molecule has 0 N–H and O–H groups in total. The van der Waals surface area contributed by atoms with Crippen molar-refractivity contribution in [1.82, 2.24) is 24.6 Å². The van der Waals surface area contributed by atoms with Gasteiger partial charge in [-0.3, -0.25) is 0 Å². The lowest BCUT2D eigenvalue weighted by molar-refractivity contribution is 0.213. The number of aromatic nitrogens is 5. The third-order valence-electron chi connectivity index (χ3n) is 5.44. The average Bonchev–Trinajstić information content (AvgIpc) is 3.47. The Morgan fingerprint density at radius 1 is 1.07 bits per heavy atom. The minimum absolute atomic E-state index is 0.536. The molecule has 0 radical (unpaired) electrons. The molecule has 4 heterocycles. The van der Waals surface area contributed by atoms with Crippen LogP contribution in [0.5, 0.6) is 5.88 Å². The number of hydrogen-bond donors (Lipinski definition) is 0. The Balaban J connectivity index is 1.16. The van der Waals surface area contributed by atoms with E-state index in [1.54, 1.807) is 0 Å². The summed E-state index contributed by atoms with van der Waals surface area (Å²) >= 11 is 0. The summed E-state index contributed by atoms with van der Waals surface area (Å²) in [5, 5.41) is 4.56. The first-order chi connectivity index (χ1) is 13.2. The van der Waals surface area contributed by atoms with Crippen molar-refractivity contribution in [3.63, 3.8) is 0 Å². The van der Waals surface area contributed by atoms with Gasteiger partial charge in [-0.05, 0) is 50.2 Å². The molecule has 1 aliphatic heterocycles. The Hall–Kier alpha value is -2.70. The highest BCUT2D eigenvalue weighted by Crippen LogP contribution is 2.39. The van der Waals surface area contributed by atoms with E-state index in [9.17, 15) is 0 Å². The zero-order valence-electron chi connectivity index (χ0n) is 15.6. The van der Waals surface area contributed by atoms with E-state index in [1.807, 2.05) is 42.2 Å².